The maximum Gasteiger partial charge on any atom is 0.271 e. The highest BCUT2D eigenvalue weighted by Gasteiger charge is 2.04. The molecule has 2 N–H and O–H groups in total. The van der Waals surface area contributed by atoms with Crippen molar-refractivity contribution in [3.05, 3.63) is 24.3 Å². The fourth-order valence-electron chi connectivity index (χ4n) is 0.910. The number of ether oxygens (including phenoxy) is 1. The van der Waals surface area contributed by atoms with Crippen molar-refractivity contribution in [1.29, 1.82) is 0 Å². The Balaban J connectivity index is 2.20. The zero-order valence-electron chi connectivity index (χ0n) is 8.22. The number of carbonyl (C=O) groups excluding carboxylic acids is 1. The van der Waals surface area contributed by atoms with E-state index in [1.165, 1.54) is 18.6 Å². The molecule has 1 heterocycles. The lowest BCUT2D eigenvalue weighted by molar-refractivity contribution is 0.0835. The summed E-state index contributed by atoms with van der Waals surface area (Å²) in [5.74, 6) is -0.282. The largest absolute Gasteiger partial charge is 0.394 e. The first-order valence-corrected chi connectivity index (χ1v) is 4.57. The van der Waals surface area contributed by atoms with E-state index in [9.17, 15) is 4.79 Å². The predicted octanol–water partition coefficient (Wildman–Crippen LogP) is -0.785. The van der Waals surface area contributed by atoms with Gasteiger partial charge in [-0.25, -0.2) is 4.98 Å². The van der Waals surface area contributed by atoms with Crippen molar-refractivity contribution in [1.82, 2.24) is 15.3 Å². The van der Waals surface area contributed by atoms with Crippen LogP contribution in [-0.2, 0) is 4.74 Å². The molecule has 15 heavy (non-hydrogen) atoms. The number of nitrogens with one attached hydrogen (secondary N) is 1. The molecule has 0 aliphatic rings. The van der Waals surface area contributed by atoms with Gasteiger partial charge in [0.05, 0.1) is 26.0 Å². The number of nitrogens with zero attached hydrogens (tertiary/aromatic N) is 2. The van der Waals surface area contributed by atoms with Crippen molar-refractivity contribution in [2.45, 2.75) is 0 Å². The normalized spacial score (nSPS) is 9.93. The molecule has 0 atom stereocenters. The summed E-state index contributed by atoms with van der Waals surface area (Å²) in [6.45, 7) is 1.01. The van der Waals surface area contributed by atoms with Crippen LogP contribution >= 0.6 is 0 Å². The molecule has 1 aromatic heterocycles. The molecule has 6 heteroatoms. The third kappa shape index (κ3) is 4.48. The molecular weight excluding hydrogens is 198 g/mol. The lowest BCUT2D eigenvalue weighted by Gasteiger charge is -2.04. The number of rotatable bonds is 6. The quantitative estimate of drug-likeness (QED) is 0.603. The highest BCUT2D eigenvalue weighted by atomic mass is 16.5. The highest BCUT2D eigenvalue weighted by molar-refractivity contribution is 5.91. The molecule has 1 rings (SSSR count). The van der Waals surface area contributed by atoms with Gasteiger partial charge < -0.3 is 15.2 Å². The van der Waals surface area contributed by atoms with Crippen molar-refractivity contribution < 1.29 is 14.6 Å². The summed E-state index contributed by atoms with van der Waals surface area (Å²) in [5.41, 5.74) is 0.277. The van der Waals surface area contributed by atoms with Crippen molar-refractivity contribution in [3.8, 4) is 0 Å². The number of hydrogen-bond donors (Lipinski definition) is 2. The summed E-state index contributed by atoms with van der Waals surface area (Å²) in [5, 5.41) is 11.0. The Morgan fingerprint density at radius 1 is 1.47 bits per heavy atom. The van der Waals surface area contributed by atoms with Crippen LogP contribution in [0.1, 0.15) is 10.5 Å². The third-order valence-corrected chi connectivity index (χ3v) is 1.56. The van der Waals surface area contributed by atoms with Gasteiger partial charge in [-0.15, -0.1) is 0 Å². The molecular formula is C9H13N3O3. The number of aliphatic hydroxyl groups is 1. The average Bonchev–Trinajstić information content (AvgIpc) is 2.30. The van der Waals surface area contributed by atoms with E-state index in [2.05, 4.69) is 15.3 Å². The molecule has 1 aromatic rings. The summed E-state index contributed by atoms with van der Waals surface area (Å²) in [6.07, 6.45) is 4.35. The second-order valence-corrected chi connectivity index (χ2v) is 2.68. The van der Waals surface area contributed by atoms with Gasteiger partial charge in [0.15, 0.2) is 0 Å². The highest BCUT2D eigenvalue weighted by Crippen LogP contribution is 1.88. The van der Waals surface area contributed by atoms with Crippen LogP contribution in [0.3, 0.4) is 0 Å². The van der Waals surface area contributed by atoms with Crippen LogP contribution in [0.4, 0.5) is 0 Å². The van der Waals surface area contributed by atoms with E-state index < -0.39 is 0 Å². The lowest BCUT2D eigenvalue weighted by atomic mass is 10.4. The Morgan fingerprint density at radius 3 is 3.00 bits per heavy atom. The van der Waals surface area contributed by atoms with Crippen molar-refractivity contribution in [3.63, 3.8) is 0 Å². The van der Waals surface area contributed by atoms with Crippen LogP contribution < -0.4 is 5.32 Å². The molecule has 82 valence electrons. The molecule has 0 fully saturated rings. The van der Waals surface area contributed by atoms with E-state index in [0.717, 1.165) is 0 Å². The number of amides is 1. The first-order chi connectivity index (χ1) is 7.34. The molecule has 0 aliphatic carbocycles. The molecule has 6 nitrogen and oxygen atoms in total. The van der Waals surface area contributed by atoms with Crippen LogP contribution in [0.15, 0.2) is 18.6 Å². The van der Waals surface area contributed by atoms with Crippen LogP contribution in [0.25, 0.3) is 0 Å². The molecule has 1 amide bonds. The number of aromatic nitrogens is 2. The van der Waals surface area contributed by atoms with Crippen LogP contribution in [0.5, 0.6) is 0 Å². The zero-order valence-corrected chi connectivity index (χ0v) is 8.22. The van der Waals surface area contributed by atoms with Crippen molar-refractivity contribution in [2.24, 2.45) is 0 Å². The fraction of sp³-hybridized carbons (Fsp3) is 0.444. The second kappa shape index (κ2) is 6.86. The van der Waals surface area contributed by atoms with Gasteiger partial charge in [0, 0.05) is 18.9 Å². The summed E-state index contributed by atoms with van der Waals surface area (Å²) >= 11 is 0. The van der Waals surface area contributed by atoms with Crippen LogP contribution in [0, 0.1) is 0 Å². The zero-order chi connectivity index (χ0) is 10.9. The topological polar surface area (TPSA) is 84.3 Å². The minimum absolute atomic E-state index is 0.0158. The first-order valence-electron chi connectivity index (χ1n) is 4.57. The SMILES string of the molecule is O=C(NCCOCCO)c1cnccn1. The molecule has 0 saturated heterocycles. The maximum absolute atomic E-state index is 11.4. The monoisotopic (exact) mass is 211 g/mol. The lowest BCUT2D eigenvalue weighted by Crippen LogP contribution is -2.28. The maximum atomic E-state index is 11.4. The van der Waals surface area contributed by atoms with Gasteiger partial charge >= 0.3 is 0 Å². The Hall–Kier alpha value is -1.53. The number of hydrogen-bond acceptors (Lipinski definition) is 5. The van der Waals surface area contributed by atoms with E-state index in [4.69, 9.17) is 9.84 Å². The van der Waals surface area contributed by atoms with Crippen LogP contribution in [0.2, 0.25) is 0 Å². The summed E-state index contributed by atoms with van der Waals surface area (Å²) < 4.78 is 4.97. The third-order valence-electron chi connectivity index (χ3n) is 1.56. The van der Waals surface area contributed by atoms with Crippen LogP contribution in [-0.4, -0.2) is 47.3 Å². The van der Waals surface area contributed by atoms with E-state index in [1.54, 1.807) is 0 Å². The van der Waals surface area contributed by atoms with E-state index in [1.807, 2.05) is 0 Å². The van der Waals surface area contributed by atoms with E-state index in [-0.39, 0.29) is 24.8 Å². The fourth-order valence-corrected chi connectivity index (χ4v) is 0.910. The first kappa shape index (κ1) is 11.5. The molecule has 0 aromatic carbocycles. The number of carbonyl (C=O) groups is 1. The second-order valence-electron chi connectivity index (χ2n) is 2.68. The summed E-state index contributed by atoms with van der Waals surface area (Å²) in [7, 11) is 0. The van der Waals surface area contributed by atoms with Gasteiger partial charge in [0.2, 0.25) is 0 Å². The molecule has 0 unspecified atom stereocenters. The Kier molecular flexibility index (Phi) is 5.28. The molecule has 0 spiro atoms. The minimum Gasteiger partial charge on any atom is -0.394 e. The molecule has 0 radical (unpaired) electrons. The van der Waals surface area contributed by atoms with Gasteiger partial charge in [-0.2, -0.15) is 0 Å². The summed E-state index contributed by atoms with van der Waals surface area (Å²) in [6, 6.07) is 0. The van der Waals surface area contributed by atoms with Gasteiger partial charge in [0.25, 0.3) is 5.91 Å². The van der Waals surface area contributed by atoms with Gasteiger partial charge in [-0.3, -0.25) is 9.78 Å². The predicted molar refractivity (Wildman–Crippen MR) is 52.3 cm³/mol. The Morgan fingerprint density at radius 2 is 2.33 bits per heavy atom. The van der Waals surface area contributed by atoms with Crippen molar-refractivity contribution in [2.75, 3.05) is 26.4 Å². The average molecular weight is 211 g/mol. The van der Waals surface area contributed by atoms with Gasteiger partial charge in [-0.1, -0.05) is 0 Å². The molecule has 0 bridgehead atoms. The van der Waals surface area contributed by atoms with E-state index >= 15 is 0 Å². The summed E-state index contributed by atoms with van der Waals surface area (Å²) in [4.78, 5) is 19.0. The van der Waals surface area contributed by atoms with Crippen molar-refractivity contribution >= 4 is 5.91 Å². The van der Waals surface area contributed by atoms with E-state index in [0.29, 0.717) is 13.2 Å². The number of aliphatic hydroxyl groups excluding tert-OH is 1. The standard InChI is InChI=1S/C9H13N3O3/c13-4-6-15-5-3-12-9(14)8-7-10-1-2-11-8/h1-2,7,13H,3-6H2,(H,12,14). The Labute approximate surface area is 87.3 Å². The Bertz CT molecular complexity index is 292. The van der Waals surface area contributed by atoms with Gasteiger partial charge in [0.1, 0.15) is 5.69 Å². The smallest absolute Gasteiger partial charge is 0.271 e. The molecule has 0 saturated carbocycles. The minimum atomic E-state index is -0.282. The van der Waals surface area contributed by atoms with Gasteiger partial charge in [-0.05, 0) is 0 Å². The molecule has 0 aliphatic heterocycles.